The summed E-state index contributed by atoms with van der Waals surface area (Å²) in [6.07, 6.45) is 4.65. The molecule has 1 aliphatic carbocycles. The molecule has 2 atom stereocenters. The summed E-state index contributed by atoms with van der Waals surface area (Å²) in [5.74, 6) is 0.146. The highest BCUT2D eigenvalue weighted by Gasteiger charge is 2.35. The maximum atomic E-state index is 13.1. The van der Waals surface area contributed by atoms with Gasteiger partial charge >= 0.3 is 0 Å². The monoisotopic (exact) mass is 453 g/mol. The molecule has 9 heteroatoms. The van der Waals surface area contributed by atoms with E-state index in [1.807, 2.05) is 6.92 Å². The molecular formula is C22H35N3O5S. The van der Waals surface area contributed by atoms with Gasteiger partial charge in [-0.2, -0.15) is 4.31 Å². The number of fused-ring (bicyclic) bond motifs is 1. The molecule has 1 aliphatic heterocycles. The Kier molecular flexibility index (Phi) is 8.32. The number of carbonyl (C=O) groups is 1. The summed E-state index contributed by atoms with van der Waals surface area (Å²) in [5, 5.41) is 2.88. The Hall–Kier alpha value is -1.68. The second kappa shape index (κ2) is 10.8. The summed E-state index contributed by atoms with van der Waals surface area (Å²) < 4.78 is 39.1. The third-order valence-electron chi connectivity index (χ3n) is 6.04. The number of rotatable bonds is 9. The number of nitrogens with zero attached hydrogens (tertiary/aromatic N) is 2. The van der Waals surface area contributed by atoms with Gasteiger partial charge in [-0.1, -0.05) is 26.7 Å². The first-order valence-corrected chi connectivity index (χ1v) is 12.8. The maximum absolute atomic E-state index is 13.1. The molecule has 1 saturated heterocycles. The number of morpholine rings is 1. The van der Waals surface area contributed by atoms with Crippen LogP contribution in [0.15, 0.2) is 23.1 Å². The molecule has 3 rings (SSSR count). The average molecular weight is 454 g/mol. The van der Waals surface area contributed by atoms with Crippen LogP contribution >= 0.6 is 0 Å². The van der Waals surface area contributed by atoms with E-state index < -0.39 is 10.0 Å². The molecule has 1 saturated carbocycles. The van der Waals surface area contributed by atoms with E-state index >= 15 is 0 Å². The van der Waals surface area contributed by atoms with Gasteiger partial charge < -0.3 is 14.8 Å². The fourth-order valence-electron chi connectivity index (χ4n) is 4.52. The van der Waals surface area contributed by atoms with Crippen LogP contribution in [0.3, 0.4) is 0 Å². The molecule has 0 radical (unpaired) electrons. The largest absolute Gasteiger partial charge is 0.492 e. The normalized spacial score (nSPS) is 22.2. The first-order valence-electron chi connectivity index (χ1n) is 11.3. The molecule has 8 nitrogen and oxygen atoms in total. The van der Waals surface area contributed by atoms with Crippen LogP contribution in [0.4, 0.5) is 5.69 Å². The Balaban J connectivity index is 1.76. The van der Waals surface area contributed by atoms with Crippen LogP contribution in [0.5, 0.6) is 5.75 Å². The van der Waals surface area contributed by atoms with Crippen molar-refractivity contribution in [1.82, 2.24) is 9.21 Å². The van der Waals surface area contributed by atoms with Crippen molar-refractivity contribution in [3.05, 3.63) is 18.2 Å². The Morgan fingerprint density at radius 3 is 2.68 bits per heavy atom. The topological polar surface area (TPSA) is 88.2 Å². The second-order valence-electron chi connectivity index (χ2n) is 7.96. The average Bonchev–Trinajstić information content (AvgIpc) is 2.76. The van der Waals surface area contributed by atoms with Gasteiger partial charge in [0.25, 0.3) is 0 Å². The third-order valence-corrected chi connectivity index (χ3v) is 8.12. The highest BCUT2D eigenvalue weighted by molar-refractivity contribution is 7.89. The van der Waals surface area contributed by atoms with Crippen LogP contribution in [0.1, 0.15) is 46.5 Å². The van der Waals surface area contributed by atoms with Gasteiger partial charge in [-0.3, -0.25) is 9.69 Å². The van der Waals surface area contributed by atoms with Gasteiger partial charge in [0.1, 0.15) is 10.6 Å². The number of carbonyl (C=O) groups excluding carboxylic acids is 1. The first kappa shape index (κ1) is 24.0. The first-order chi connectivity index (χ1) is 14.9. The zero-order chi connectivity index (χ0) is 22.4. The Labute approximate surface area is 185 Å². The highest BCUT2D eigenvalue weighted by atomic mass is 32.2. The number of hydrogen-bond acceptors (Lipinski definition) is 6. The Morgan fingerprint density at radius 2 is 1.97 bits per heavy atom. The minimum atomic E-state index is -3.73. The lowest BCUT2D eigenvalue weighted by atomic mass is 9.90. The van der Waals surface area contributed by atoms with Crippen molar-refractivity contribution in [1.29, 1.82) is 0 Å². The lowest BCUT2D eigenvalue weighted by molar-refractivity contribution is -0.124. The molecule has 2 unspecified atom stereocenters. The zero-order valence-corrected chi connectivity index (χ0v) is 19.6. The van der Waals surface area contributed by atoms with Gasteiger partial charge in [0.05, 0.1) is 25.9 Å². The summed E-state index contributed by atoms with van der Waals surface area (Å²) in [6, 6.07) is 5.08. The molecule has 0 aromatic heterocycles. The standard InChI is InChI=1S/C22H35N3O5S/c1-4-25(5-2)31(27,28)21-15-17(11-12-20(21)29-6-3)23-22(26)16-24-13-14-30-19-10-8-7-9-18(19)24/h11-12,15,18-19H,4-10,13-14,16H2,1-3H3,(H,23,26). The van der Waals surface area contributed by atoms with Gasteiger partial charge in [0.2, 0.25) is 15.9 Å². The Morgan fingerprint density at radius 1 is 1.23 bits per heavy atom. The fourth-order valence-corrected chi connectivity index (χ4v) is 6.14. The van der Waals surface area contributed by atoms with Crippen molar-refractivity contribution in [2.24, 2.45) is 0 Å². The van der Waals surface area contributed by atoms with Crippen molar-refractivity contribution >= 4 is 21.6 Å². The van der Waals surface area contributed by atoms with Crippen LogP contribution in [-0.2, 0) is 19.6 Å². The number of ether oxygens (including phenoxy) is 2. The molecule has 174 valence electrons. The van der Waals surface area contributed by atoms with Gasteiger partial charge in [0.15, 0.2) is 0 Å². The zero-order valence-electron chi connectivity index (χ0n) is 18.8. The van der Waals surface area contributed by atoms with Crippen LogP contribution < -0.4 is 10.1 Å². The summed E-state index contributed by atoms with van der Waals surface area (Å²) in [4.78, 5) is 15.1. The van der Waals surface area contributed by atoms with Crippen molar-refractivity contribution in [3.8, 4) is 5.75 Å². The van der Waals surface area contributed by atoms with E-state index in [-0.39, 0.29) is 29.5 Å². The third kappa shape index (κ3) is 5.58. The van der Waals surface area contributed by atoms with E-state index in [2.05, 4.69) is 10.2 Å². The molecule has 1 heterocycles. The van der Waals surface area contributed by atoms with Crippen LogP contribution in [0, 0.1) is 0 Å². The number of hydrogen-bond donors (Lipinski definition) is 1. The molecule has 31 heavy (non-hydrogen) atoms. The predicted molar refractivity (Wildman–Crippen MR) is 120 cm³/mol. The molecule has 0 bridgehead atoms. The summed E-state index contributed by atoms with van der Waals surface area (Å²) >= 11 is 0. The van der Waals surface area contributed by atoms with Gasteiger partial charge in [-0.15, -0.1) is 0 Å². The van der Waals surface area contributed by atoms with Gasteiger partial charge in [-0.25, -0.2) is 8.42 Å². The van der Waals surface area contributed by atoms with E-state index in [9.17, 15) is 13.2 Å². The number of benzene rings is 1. The summed E-state index contributed by atoms with van der Waals surface area (Å²) in [5.41, 5.74) is 0.452. The number of nitrogens with one attached hydrogen (secondary N) is 1. The lowest BCUT2D eigenvalue weighted by Gasteiger charge is -2.43. The minimum absolute atomic E-state index is 0.0783. The number of amides is 1. The Bertz CT molecular complexity index is 855. The molecule has 2 aliphatic rings. The second-order valence-corrected chi connectivity index (χ2v) is 9.87. The van der Waals surface area contributed by atoms with Gasteiger partial charge in [0, 0.05) is 31.4 Å². The van der Waals surface area contributed by atoms with E-state index in [1.165, 1.54) is 16.8 Å². The smallest absolute Gasteiger partial charge is 0.246 e. The van der Waals surface area contributed by atoms with Crippen LogP contribution in [-0.4, -0.2) is 75.1 Å². The highest BCUT2D eigenvalue weighted by Crippen LogP contribution is 2.31. The van der Waals surface area contributed by atoms with Crippen molar-refractivity contribution in [2.75, 3.05) is 44.7 Å². The molecule has 1 amide bonds. The molecule has 2 fully saturated rings. The molecule has 1 aromatic carbocycles. The van der Waals surface area contributed by atoms with Crippen LogP contribution in [0.2, 0.25) is 0 Å². The summed E-state index contributed by atoms with van der Waals surface area (Å²) in [7, 11) is -3.73. The number of sulfonamides is 1. The van der Waals surface area contributed by atoms with Gasteiger partial charge in [-0.05, 0) is 38.0 Å². The minimum Gasteiger partial charge on any atom is -0.492 e. The quantitative estimate of drug-likeness (QED) is 0.619. The SMILES string of the molecule is CCOc1ccc(NC(=O)CN2CCOC3CCCCC32)cc1S(=O)(=O)N(CC)CC. The maximum Gasteiger partial charge on any atom is 0.246 e. The van der Waals surface area contributed by atoms with Crippen LogP contribution in [0.25, 0.3) is 0 Å². The van der Waals surface area contributed by atoms with Crippen molar-refractivity contribution in [2.45, 2.75) is 63.5 Å². The lowest BCUT2D eigenvalue weighted by Crippen LogP contribution is -2.54. The molecule has 1 aromatic rings. The molecular weight excluding hydrogens is 418 g/mol. The van der Waals surface area contributed by atoms with Crippen molar-refractivity contribution in [3.63, 3.8) is 0 Å². The van der Waals surface area contributed by atoms with E-state index in [1.54, 1.807) is 26.0 Å². The van der Waals surface area contributed by atoms with E-state index in [4.69, 9.17) is 9.47 Å². The number of anilines is 1. The van der Waals surface area contributed by atoms with E-state index in [0.717, 1.165) is 25.8 Å². The molecule has 0 spiro atoms. The predicted octanol–water partition coefficient (Wildman–Crippen LogP) is 2.70. The summed E-state index contributed by atoms with van der Waals surface area (Å²) in [6.45, 7) is 8.14. The van der Waals surface area contributed by atoms with E-state index in [0.29, 0.717) is 37.7 Å². The fraction of sp³-hybridized carbons (Fsp3) is 0.682. The molecule has 1 N–H and O–H groups in total. The van der Waals surface area contributed by atoms with Crippen molar-refractivity contribution < 1.29 is 22.7 Å².